The highest BCUT2D eigenvalue weighted by atomic mass is 16.5. The number of allylic oxidation sites excluding steroid dienone is 14. The van der Waals surface area contributed by atoms with E-state index in [1.165, 1.54) is 19.3 Å². The summed E-state index contributed by atoms with van der Waals surface area (Å²) in [5.41, 5.74) is 0. The van der Waals surface area contributed by atoms with Crippen LogP contribution in [-0.2, 0) is 19.1 Å². The van der Waals surface area contributed by atoms with Crippen LogP contribution in [0.15, 0.2) is 97.2 Å². The van der Waals surface area contributed by atoms with Crippen molar-refractivity contribution in [2.24, 2.45) is 0 Å². The highest BCUT2D eigenvalue weighted by Crippen LogP contribution is 2.13. The first-order valence-corrected chi connectivity index (χ1v) is 18.4. The molecular weight excluding hydrogens is 598 g/mol. The smallest absolute Gasteiger partial charge is 0.322 e. The zero-order valence-corrected chi connectivity index (χ0v) is 30.0. The van der Waals surface area contributed by atoms with Gasteiger partial charge in [-0.1, -0.05) is 137 Å². The number of carbonyl (C=O) groups is 3. The minimum Gasteiger partial charge on any atom is -0.480 e. The Morgan fingerprint density at radius 3 is 1.71 bits per heavy atom. The number of carboxylic acids is 1. The minimum absolute atomic E-state index is 0.220. The summed E-state index contributed by atoms with van der Waals surface area (Å²) >= 11 is 0. The van der Waals surface area contributed by atoms with Gasteiger partial charge in [0.15, 0.2) is 0 Å². The molecule has 0 rings (SSSR count). The minimum atomic E-state index is -1.04. The quantitative estimate of drug-likeness (QED) is 0.0437. The highest BCUT2D eigenvalue weighted by Gasteiger charge is 2.10. The Morgan fingerprint density at radius 2 is 1.12 bits per heavy atom. The van der Waals surface area contributed by atoms with Crippen LogP contribution in [0.3, 0.4) is 0 Å². The van der Waals surface area contributed by atoms with E-state index in [-0.39, 0.29) is 30.9 Å². The van der Waals surface area contributed by atoms with Crippen LogP contribution >= 0.6 is 0 Å². The lowest BCUT2D eigenvalue weighted by atomic mass is 10.1. The number of carboxylic acid groups (broad SMARTS) is 1. The largest absolute Gasteiger partial charge is 0.480 e. The predicted octanol–water partition coefficient (Wildman–Crippen LogP) is 11.0. The number of hydrogen-bond acceptors (Lipinski definition) is 4. The van der Waals surface area contributed by atoms with Crippen LogP contribution in [0.1, 0.15) is 136 Å². The summed E-state index contributed by atoms with van der Waals surface area (Å²) in [5.74, 6) is -1.48. The van der Waals surface area contributed by atoms with E-state index in [9.17, 15) is 14.4 Å². The number of hydrogen-bond donors (Lipinski definition) is 2. The fourth-order valence-electron chi connectivity index (χ4n) is 4.57. The molecule has 6 nitrogen and oxygen atoms in total. The number of rotatable bonds is 31. The Hall–Kier alpha value is -3.67. The molecule has 0 aromatic carbocycles. The zero-order chi connectivity index (χ0) is 35.2. The van der Waals surface area contributed by atoms with E-state index in [1.807, 2.05) is 18.2 Å². The second kappa shape index (κ2) is 36.2. The molecule has 0 fully saturated rings. The van der Waals surface area contributed by atoms with Crippen LogP contribution in [0, 0.1) is 0 Å². The Morgan fingerprint density at radius 1 is 0.604 bits per heavy atom. The lowest BCUT2D eigenvalue weighted by molar-refractivity contribution is -0.146. The molecular formula is C42H65NO5. The number of esters is 1. The molecule has 0 aliphatic carbocycles. The SMILES string of the molecule is CC/C=C\C/C=C\C/C=C\C/C=C\C/C=C\CC(=O)OC(/C=C\C/C=C\C/C=C\CCCCC)CCCCCCCC(=O)NCC(=O)O. The molecule has 0 aliphatic heterocycles. The van der Waals surface area contributed by atoms with Crippen molar-refractivity contribution in [1.29, 1.82) is 0 Å². The summed E-state index contributed by atoms with van der Waals surface area (Å²) in [6.07, 6.45) is 51.2. The van der Waals surface area contributed by atoms with E-state index < -0.39 is 5.97 Å². The van der Waals surface area contributed by atoms with Crippen LogP contribution in [-0.4, -0.2) is 35.6 Å². The molecule has 1 atom stereocenters. The Labute approximate surface area is 292 Å². The van der Waals surface area contributed by atoms with Crippen molar-refractivity contribution >= 4 is 17.8 Å². The highest BCUT2D eigenvalue weighted by molar-refractivity contribution is 5.80. The second-order valence-electron chi connectivity index (χ2n) is 11.8. The zero-order valence-electron chi connectivity index (χ0n) is 30.0. The van der Waals surface area contributed by atoms with Crippen molar-refractivity contribution in [2.45, 2.75) is 142 Å². The van der Waals surface area contributed by atoms with Gasteiger partial charge in [-0.25, -0.2) is 0 Å². The van der Waals surface area contributed by atoms with Crippen molar-refractivity contribution in [3.05, 3.63) is 97.2 Å². The molecule has 0 saturated carbocycles. The lowest BCUT2D eigenvalue weighted by Gasteiger charge is -2.14. The molecule has 1 amide bonds. The van der Waals surface area contributed by atoms with Crippen molar-refractivity contribution in [1.82, 2.24) is 5.32 Å². The van der Waals surface area contributed by atoms with Crippen molar-refractivity contribution in [3.8, 4) is 0 Å². The van der Waals surface area contributed by atoms with E-state index in [0.29, 0.717) is 6.42 Å². The monoisotopic (exact) mass is 663 g/mol. The molecule has 0 aromatic rings. The summed E-state index contributed by atoms with van der Waals surface area (Å²) in [7, 11) is 0. The van der Waals surface area contributed by atoms with Crippen LogP contribution < -0.4 is 5.32 Å². The van der Waals surface area contributed by atoms with Crippen molar-refractivity contribution in [2.75, 3.05) is 6.54 Å². The van der Waals surface area contributed by atoms with Gasteiger partial charge in [0.2, 0.25) is 5.91 Å². The van der Waals surface area contributed by atoms with Gasteiger partial charge in [0.05, 0.1) is 6.42 Å². The summed E-state index contributed by atoms with van der Waals surface area (Å²) in [4.78, 5) is 34.8. The van der Waals surface area contributed by atoms with Crippen molar-refractivity contribution < 1.29 is 24.2 Å². The van der Waals surface area contributed by atoms with E-state index >= 15 is 0 Å². The van der Waals surface area contributed by atoms with Gasteiger partial charge in [0, 0.05) is 6.42 Å². The molecule has 0 aromatic heterocycles. The van der Waals surface area contributed by atoms with Crippen LogP contribution in [0.5, 0.6) is 0 Å². The average Bonchev–Trinajstić information content (AvgIpc) is 3.07. The molecule has 2 N–H and O–H groups in total. The van der Waals surface area contributed by atoms with Gasteiger partial charge in [0.25, 0.3) is 0 Å². The van der Waals surface area contributed by atoms with E-state index in [1.54, 1.807) is 0 Å². The first-order chi connectivity index (χ1) is 23.5. The van der Waals surface area contributed by atoms with E-state index in [4.69, 9.17) is 9.84 Å². The summed E-state index contributed by atoms with van der Waals surface area (Å²) in [6, 6.07) is 0. The molecule has 0 bridgehead atoms. The second-order valence-corrected chi connectivity index (χ2v) is 11.8. The summed E-state index contributed by atoms with van der Waals surface area (Å²) in [5, 5.41) is 11.0. The maximum absolute atomic E-state index is 12.6. The fourth-order valence-corrected chi connectivity index (χ4v) is 4.57. The molecule has 268 valence electrons. The van der Waals surface area contributed by atoms with E-state index in [2.05, 4.69) is 98.2 Å². The van der Waals surface area contributed by atoms with Crippen LogP contribution in [0.2, 0.25) is 0 Å². The number of carbonyl (C=O) groups excluding carboxylic acids is 2. The van der Waals surface area contributed by atoms with Gasteiger partial charge in [-0.05, 0) is 83.1 Å². The number of ether oxygens (including phenoxy) is 1. The van der Waals surface area contributed by atoms with Gasteiger partial charge in [-0.15, -0.1) is 0 Å². The van der Waals surface area contributed by atoms with Gasteiger partial charge >= 0.3 is 11.9 Å². The van der Waals surface area contributed by atoms with E-state index in [0.717, 1.165) is 89.9 Å². The first kappa shape index (κ1) is 44.3. The Bertz CT molecular complexity index is 1040. The molecule has 48 heavy (non-hydrogen) atoms. The van der Waals surface area contributed by atoms with Gasteiger partial charge < -0.3 is 15.2 Å². The Balaban J connectivity index is 4.52. The maximum Gasteiger partial charge on any atom is 0.322 e. The number of nitrogens with one attached hydrogen (secondary N) is 1. The van der Waals surface area contributed by atoms with Gasteiger partial charge in [0.1, 0.15) is 12.6 Å². The van der Waals surface area contributed by atoms with Crippen LogP contribution in [0.4, 0.5) is 0 Å². The fraction of sp³-hybridized carbons (Fsp3) is 0.548. The third-order valence-corrected chi connectivity index (χ3v) is 7.26. The third-order valence-electron chi connectivity index (χ3n) is 7.26. The number of aliphatic carboxylic acids is 1. The van der Waals surface area contributed by atoms with Gasteiger partial charge in [-0.2, -0.15) is 0 Å². The lowest BCUT2D eigenvalue weighted by Crippen LogP contribution is -2.28. The van der Waals surface area contributed by atoms with Gasteiger partial charge in [-0.3, -0.25) is 14.4 Å². The standard InChI is InChI=1S/C42H65NO5/c1-3-5-7-9-11-13-15-16-17-18-20-22-24-29-33-37-42(47)48-39(34-30-26-23-21-19-14-12-10-8-6-4-2)35-31-27-25-28-32-36-40(44)43-38-41(45)46/h5,7,11-14,16-17,20-23,29-30,33-34,39H,3-4,6,8-10,15,18-19,24-28,31-32,35-38H2,1-2H3,(H,43,44)(H,45,46)/b7-5-,13-11-,14-12-,17-16-,22-20-,23-21-,33-29-,34-30-. The molecule has 0 heterocycles. The first-order valence-electron chi connectivity index (χ1n) is 18.4. The van der Waals surface area contributed by atoms with Crippen molar-refractivity contribution in [3.63, 3.8) is 0 Å². The number of amides is 1. The molecule has 6 heteroatoms. The molecule has 0 aliphatic rings. The summed E-state index contributed by atoms with van der Waals surface area (Å²) < 4.78 is 5.82. The molecule has 1 unspecified atom stereocenters. The van der Waals surface area contributed by atoms with Crippen LogP contribution in [0.25, 0.3) is 0 Å². The molecule has 0 saturated heterocycles. The average molecular weight is 664 g/mol. The summed E-state index contributed by atoms with van der Waals surface area (Å²) in [6.45, 7) is 4.03. The molecule has 0 spiro atoms. The third kappa shape index (κ3) is 35.2. The maximum atomic E-state index is 12.6. The normalized spacial score (nSPS) is 13.2. The number of unbranched alkanes of at least 4 members (excludes halogenated alkanes) is 7. The predicted molar refractivity (Wildman–Crippen MR) is 203 cm³/mol. The molecule has 0 radical (unpaired) electrons. The topological polar surface area (TPSA) is 92.7 Å². The Kier molecular flexibility index (Phi) is 33.4.